The molecule has 0 radical (unpaired) electrons. The Hall–Kier alpha value is -1.64. The van der Waals surface area contributed by atoms with E-state index in [1.807, 2.05) is 6.08 Å². The Morgan fingerprint density at radius 1 is 1.44 bits per heavy atom. The molecule has 1 aliphatic heterocycles. The summed E-state index contributed by atoms with van der Waals surface area (Å²) in [5.74, 6) is -0.776. The molecule has 2 aliphatic rings. The summed E-state index contributed by atoms with van der Waals surface area (Å²) in [6, 6.07) is -0.234. The van der Waals surface area contributed by atoms with E-state index in [1.165, 1.54) is 0 Å². The van der Waals surface area contributed by atoms with Crippen molar-refractivity contribution in [3.05, 3.63) is 11.6 Å². The Morgan fingerprint density at radius 2 is 2.20 bits per heavy atom. The molecule has 1 aliphatic carbocycles. The average Bonchev–Trinajstić information content (AvgIpc) is 2.56. The van der Waals surface area contributed by atoms with Gasteiger partial charge in [-0.25, -0.2) is 9.79 Å². The van der Waals surface area contributed by atoms with Gasteiger partial charge in [0.1, 0.15) is 0 Å². The maximum atomic E-state index is 11.5. The van der Waals surface area contributed by atoms with Gasteiger partial charge in [-0.1, -0.05) is 13.0 Å². The van der Waals surface area contributed by atoms with Crippen LogP contribution in [-0.4, -0.2) is 73.5 Å². The molecule has 1 fully saturated rings. The van der Waals surface area contributed by atoms with Crippen molar-refractivity contribution in [2.45, 2.75) is 44.4 Å². The van der Waals surface area contributed by atoms with Crippen LogP contribution in [0.5, 0.6) is 0 Å². The molecule has 1 saturated heterocycles. The second kappa shape index (κ2) is 9.17. The van der Waals surface area contributed by atoms with Crippen molar-refractivity contribution in [3.8, 4) is 0 Å². The van der Waals surface area contributed by atoms with Crippen molar-refractivity contribution in [1.29, 1.82) is 0 Å². The fraction of sp³-hybridized carbons (Fsp3) is 0.765. The van der Waals surface area contributed by atoms with Crippen LogP contribution in [0.4, 0.5) is 0 Å². The quantitative estimate of drug-likeness (QED) is 0.338. The lowest BCUT2D eigenvalue weighted by Gasteiger charge is -2.43. The number of methoxy groups -OCH3 is 1. The molecule has 0 aromatic rings. The van der Waals surface area contributed by atoms with Gasteiger partial charge in [-0.3, -0.25) is 4.90 Å². The van der Waals surface area contributed by atoms with Crippen LogP contribution in [0.25, 0.3) is 0 Å². The molecule has 4 atom stereocenters. The first kappa shape index (κ1) is 19.7. The van der Waals surface area contributed by atoms with E-state index in [2.05, 4.69) is 16.8 Å². The minimum atomic E-state index is -0.905. The molecule has 8 heteroatoms. The van der Waals surface area contributed by atoms with E-state index in [-0.39, 0.29) is 30.1 Å². The van der Waals surface area contributed by atoms with Gasteiger partial charge in [-0.2, -0.15) is 0 Å². The minimum Gasteiger partial charge on any atom is -0.478 e. The number of carbonyl (C=O) groups is 1. The molecule has 8 nitrogen and oxygen atoms in total. The molecular weight excluding hydrogens is 324 g/mol. The summed E-state index contributed by atoms with van der Waals surface area (Å²) in [6.07, 6.45) is 4.38. The van der Waals surface area contributed by atoms with E-state index in [9.17, 15) is 9.90 Å². The van der Waals surface area contributed by atoms with Crippen molar-refractivity contribution >= 4 is 11.9 Å². The Balaban J connectivity index is 2.12. The van der Waals surface area contributed by atoms with Crippen LogP contribution in [0.2, 0.25) is 0 Å². The summed E-state index contributed by atoms with van der Waals surface area (Å²) in [6.45, 7) is 4.91. The van der Waals surface area contributed by atoms with Gasteiger partial charge in [0.25, 0.3) is 0 Å². The fourth-order valence-corrected chi connectivity index (χ4v) is 3.69. The monoisotopic (exact) mass is 354 g/mol. The number of ether oxygens (including phenoxy) is 2. The first-order chi connectivity index (χ1) is 11.9. The fourth-order valence-electron chi connectivity index (χ4n) is 3.69. The Bertz CT molecular complexity index is 519. The lowest BCUT2D eigenvalue weighted by molar-refractivity contribution is -0.133. The number of rotatable bonds is 7. The van der Waals surface area contributed by atoms with Gasteiger partial charge in [0.15, 0.2) is 5.96 Å². The third-order valence-electron chi connectivity index (χ3n) is 5.01. The number of guanidine groups is 1. The number of piperidine rings is 1. The van der Waals surface area contributed by atoms with Crippen LogP contribution in [0.1, 0.15) is 26.2 Å². The summed E-state index contributed by atoms with van der Waals surface area (Å²) >= 11 is 0. The predicted octanol–water partition coefficient (Wildman–Crippen LogP) is 0.175. The highest BCUT2D eigenvalue weighted by Crippen LogP contribution is 2.32. The summed E-state index contributed by atoms with van der Waals surface area (Å²) in [5, 5.41) is 9.45. The number of aliphatic imine (C=N–C) groups is 1. The molecule has 1 heterocycles. The molecule has 2 rings (SSSR count). The molecule has 0 spiro atoms. The highest BCUT2D eigenvalue weighted by Gasteiger charge is 2.37. The van der Waals surface area contributed by atoms with E-state index < -0.39 is 5.97 Å². The molecule has 0 aromatic carbocycles. The van der Waals surface area contributed by atoms with Gasteiger partial charge in [-0.05, 0) is 25.3 Å². The molecule has 0 amide bonds. The smallest absolute Gasteiger partial charge is 0.331 e. The highest BCUT2D eigenvalue weighted by molar-refractivity contribution is 5.87. The Morgan fingerprint density at radius 3 is 2.84 bits per heavy atom. The van der Waals surface area contributed by atoms with Crippen molar-refractivity contribution in [2.24, 2.45) is 22.4 Å². The number of carboxylic acid groups (broad SMARTS) is 1. The SMILES string of the molecule is COCCO[C@H]1CCCN([C@@H]2C=C(C(=O)O)C[C@H](N=C(N)N)[C@H]2C)C1. The second-order valence-electron chi connectivity index (χ2n) is 6.79. The van der Waals surface area contributed by atoms with Gasteiger partial charge in [0, 0.05) is 31.7 Å². The highest BCUT2D eigenvalue weighted by atomic mass is 16.5. The van der Waals surface area contributed by atoms with Crippen LogP contribution in [0.3, 0.4) is 0 Å². The third kappa shape index (κ3) is 5.42. The Labute approximate surface area is 148 Å². The largest absolute Gasteiger partial charge is 0.478 e. The van der Waals surface area contributed by atoms with Gasteiger partial charge >= 0.3 is 5.97 Å². The normalized spacial score (nSPS) is 30.6. The number of nitrogens with zero attached hydrogens (tertiary/aromatic N) is 2. The van der Waals surface area contributed by atoms with Crippen molar-refractivity contribution in [3.63, 3.8) is 0 Å². The van der Waals surface area contributed by atoms with Crippen molar-refractivity contribution in [1.82, 2.24) is 4.90 Å². The number of likely N-dealkylation sites (tertiary alicyclic amines) is 1. The van der Waals surface area contributed by atoms with Crippen LogP contribution < -0.4 is 11.5 Å². The minimum absolute atomic E-state index is 0.00154. The molecule has 0 bridgehead atoms. The zero-order valence-corrected chi connectivity index (χ0v) is 15.1. The van der Waals surface area contributed by atoms with E-state index >= 15 is 0 Å². The number of aliphatic carboxylic acids is 1. The lowest BCUT2D eigenvalue weighted by atomic mass is 9.81. The third-order valence-corrected chi connectivity index (χ3v) is 5.01. The number of carboxylic acids is 1. The number of nitrogens with two attached hydrogens (primary N) is 2. The number of hydrogen-bond acceptors (Lipinski definition) is 5. The molecular formula is C17H30N4O4. The lowest BCUT2D eigenvalue weighted by Crippen LogP contribution is -2.51. The Kier molecular flexibility index (Phi) is 7.22. The molecule has 5 N–H and O–H groups in total. The van der Waals surface area contributed by atoms with E-state index in [0.29, 0.717) is 25.2 Å². The van der Waals surface area contributed by atoms with Gasteiger partial charge in [0.2, 0.25) is 0 Å². The predicted molar refractivity (Wildman–Crippen MR) is 95.3 cm³/mol. The molecule has 0 aromatic heterocycles. The summed E-state index contributed by atoms with van der Waals surface area (Å²) < 4.78 is 10.9. The standard InChI is InChI=1S/C17H30N4O4/c1-11-14(20-17(18)19)8-12(16(22)23)9-15(11)21-5-3-4-13(10-21)25-7-6-24-2/h9,11,13-15H,3-8,10H2,1-2H3,(H,22,23)(H4,18,19,20)/t11-,13+,14+,15-/m1/s1. The van der Waals surface area contributed by atoms with E-state index in [1.54, 1.807) is 7.11 Å². The van der Waals surface area contributed by atoms with Crippen LogP contribution >= 0.6 is 0 Å². The maximum Gasteiger partial charge on any atom is 0.331 e. The van der Waals surface area contributed by atoms with Crippen LogP contribution in [0, 0.1) is 5.92 Å². The van der Waals surface area contributed by atoms with Crippen LogP contribution in [0.15, 0.2) is 16.6 Å². The van der Waals surface area contributed by atoms with Gasteiger partial charge < -0.3 is 26.0 Å². The first-order valence-corrected chi connectivity index (χ1v) is 8.79. The zero-order valence-electron chi connectivity index (χ0n) is 15.1. The molecule has 0 saturated carbocycles. The average molecular weight is 354 g/mol. The topological polar surface area (TPSA) is 123 Å². The van der Waals surface area contributed by atoms with Crippen molar-refractivity contribution in [2.75, 3.05) is 33.4 Å². The molecule has 0 unspecified atom stereocenters. The summed E-state index contributed by atoms with van der Waals surface area (Å²) in [5.41, 5.74) is 11.4. The first-order valence-electron chi connectivity index (χ1n) is 8.79. The summed E-state index contributed by atoms with van der Waals surface area (Å²) in [7, 11) is 1.66. The van der Waals surface area contributed by atoms with E-state index in [4.69, 9.17) is 20.9 Å². The van der Waals surface area contributed by atoms with Gasteiger partial charge in [0.05, 0.1) is 25.4 Å². The van der Waals surface area contributed by atoms with E-state index in [0.717, 1.165) is 25.9 Å². The number of hydrogen-bond donors (Lipinski definition) is 3. The zero-order chi connectivity index (χ0) is 18.4. The second-order valence-corrected chi connectivity index (χ2v) is 6.79. The molecule has 142 valence electrons. The summed E-state index contributed by atoms with van der Waals surface area (Å²) in [4.78, 5) is 18.1. The van der Waals surface area contributed by atoms with Crippen LogP contribution in [-0.2, 0) is 14.3 Å². The maximum absolute atomic E-state index is 11.5. The van der Waals surface area contributed by atoms with Crippen molar-refractivity contribution < 1.29 is 19.4 Å². The molecule has 25 heavy (non-hydrogen) atoms. The van der Waals surface area contributed by atoms with Gasteiger partial charge in [-0.15, -0.1) is 0 Å².